The highest BCUT2D eigenvalue weighted by Gasteiger charge is 2.20. The molecule has 0 bridgehead atoms. The van der Waals surface area contributed by atoms with E-state index in [-0.39, 0.29) is 23.3 Å². The molecule has 0 unspecified atom stereocenters. The molecule has 7 heteroatoms. The molecule has 7 nitrogen and oxygen atoms in total. The predicted octanol–water partition coefficient (Wildman–Crippen LogP) is 3.78. The smallest absolute Gasteiger partial charge is 0.251 e. The SMILES string of the molecule is Cc1cc(C(=O)NC(C)C)ccc1NC(=O)CCCc1nc(C(C)(C)C)no1. The van der Waals surface area contributed by atoms with E-state index >= 15 is 0 Å². The third-order valence-corrected chi connectivity index (χ3v) is 4.12. The number of hydrogen-bond donors (Lipinski definition) is 2. The Balaban J connectivity index is 1.86. The molecule has 1 aromatic carbocycles. The van der Waals surface area contributed by atoms with Gasteiger partial charge in [0.05, 0.1) is 0 Å². The van der Waals surface area contributed by atoms with Crippen molar-refractivity contribution in [3.05, 3.63) is 41.0 Å². The molecule has 152 valence electrons. The summed E-state index contributed by atoms with van der Waals surface area (Å²) in [5.74, 6) is 1.02. The van der Waals surface area contributed by atoms with Crippen LogP contribution in [0.2, 0.25) is 0 Å². The molecule has 0 aliphatic rings. The Kier molecular flexibility index (Phi) is 6.94. The van der Waals surface area contributed by atoms with Crippen LogP contribution in [0.5, 0.6) is 0 Å². The van der Waals surface area contributed by atoms with Gasteiger partial charge in [0.1, 0.15) is 0 Å². The van der Waals surface area contributed by atoms with Crippen molar-refractivity contribution in [1.29, 1.82) is 0 Å². The molecule has 0 atom stereocenters. The molecule has 0 fully saturated rings. The minimum Gasteiger partial charge on any atom is -0.350 e. The van der Waals surface area contributed by atoms with Gasteiger partial charge in [-0.15, -0.1) is 0 Å². The lowest BCUT2D eigenvalue weighted by molar-refractivity contribution is -0.116. The van der Waals surface area contributed by atoms with Crippen molar-refractivity contribution in [2.24, 2.45) is 0 Å². The van der Waals surface area contributed by atoms with E-state index in [1.54, 1.807) is 18.2 Å². The normalized spacial score (nSPS) is 11.5. The number of aryl methyl sites for hydroxylation is 2. The Morgan fingerprint density at radius 1 is 1.21 bits per heavy atom. The molecule has 0 saturated heterocycles. The number of carbonyl (C=O) groups excluding carboxylic acids is 2. The van der Waals surface area contributed by atoms with Crippen LogP contribution >= 0.6 is 0 Å². The molecule has 0 radical (unpaired) electrons. The standard InChI is InChI=1S/C21H30N4O3/c1-13(2)22-19(27)15-10-11-16(14(3)12-15)23-17(26)8-7-9-18-24-20(25-28-18)21(4,5)6/h10-13H,7-9H2,1-6H3,(H,22,27)(H,23,26). The fourth-order valence-electron chi connectivity index (χ4n) is 2.56. The summed E-state index contributed by atoms with van der Waals surface area (Å²) >= 11 is 0. The molecular weight excluding hydrogens is 356 g/mol. The summed E-state index contributed by atoms with van der Waals surface area (Å²) in [5, 5.41) is 9.74. The number of amides is 2. The number of nitrogens with one attached hydrogen (secondary N) is 2. The van der Waals surface area contributed by atoms with E-state index in [0.717, 1.165) is 5.56 Å². The van der Waals surface area contributed by atoms with Crippen LogP contribution in [0.4, 0.5) is 5.69 Å². The zero-order valence-electron chi connectivity index (χ0n) is 17.5. The maximum Gasteiger partial charge on any atom is 0.251 e. The van der Waals surface area contributed by atoms with E-state index in [1.807, 2.05) is 41.5 Å². The lowest BCUT2D eigenvalue weighted by Gasteiger charge is -2.12. The zero-order valence-corrected chi connectivity index (χ0v) is 17.5. The van der Waals surface area contributed by atoms with Gasteiger partial charge in [0, 0.05) is 35.5 Å². The molecule has 0 spiro atoms. The summed E-state index contributed by atoms with van der Waals surface area (Å²) in [6.07, 6.45) is 1.53. The summed E-state index contributed by atoms with van der Waals surface area (Å²) < 4.78 is 5.24. The summed E-state index contributed by atoms with van der Waals surface area (Å²) in [5.41, 5.74) is 1.97. The lowest BCUT2D eigenvalue weighted by Crippen LogP contribution is -2.30. The van der Waals surface area contributed by atoms with Crippen molar-refractivity contribution in [2.75, 3.05) is 5.32 Å². The second-order valence-corrected chi connectivity index (χ2v) is 8.32. The van der Waals surface area contributed by atoms with Crippen LogP contribution in [0.1, 0.15) is 75.1 Å². The lowest BCUT2D eigenvalue weighted by atomic mass is 9.96. The molecule has 2 rings (SSSR count). The molecule has 28 heavy (non-hydrogen) atoms. The Bertz CT molecular complexity index is 834. The van der Waals surface area contributed by atoms with Gasteiger partial charge >= 0.3 is 0 Å². The fourth-order valence-corrected chi connectivity index (χ4v) is 2.56. The van der Waals surface area contributed by atoms with E-state index in [1.165, 1.54) is 0 Å². The molecule has 2 amide bonds. The Labute approximate surface area is 166 Å². The average Bonchev–Trinajstić information content (AvgIpc) is 3.05. The Morgan fingerprint density at radius 2 is 1.93 bits per heavy atom. The molecule has 2 aromatic rings. The number of aromatic nitrogens is 2. The Morgan fingerprint density at radius 3 is 2.50 bits per heavy atom. The number of hydrogen-bond acceptors (Lipinski definition) is 5. The van der Waals surface area contributed by atoms with Gasteiger partial charge in [-0.2, -0.15) is 4.98 Å². The average molecular weight is 386 g/mol. The van der Waals surface area contributed by atoms with Crippen LogP contribution in [0.3, 0.4) is 0 Å². The van der Waals surface area contributed by atoms with E-state index in [9.17, 15) is 9.59 Å². The minimum absolute atomic E-state index is 0.0746. The first kappa shape index (κ1) is 21.6. The number of benzene rings is 1. The van der Waals surface area contributed by atoms with Gasteiger partial charge in [-0.25, -0.2) is 0 Å². The summed E-state index contributed by atoms with van der Waals surface area (Å²) in [6.45, 7) is 11.8. The molecule has 1 heterocycles. The molecule has 0 saturated carbocycles. The zero-order chi connectivity index (χ0) is 20.9. The number of carbonyl (C=O) groups is 2. The highest BCUT2D eigenvalue weighted by Crippen LogP contribution is 2.20. The minimum atomic E-state index is -0.158. The third-order valence-electron chi connectivity index (χ3n) is 4.12. The van der Waals surface area contributed by atoms with Crippen molar-refractivity contribution in [3.8, 4) is 0 Å². The van der Waals surface area contributed by atoms with E-state index in [2.05, 4.69) is 20.8 Å². The molecule has 1 aromatic heterocycles. The van der Waals surface area contributed by atoms with Gasteiger partial charge in [0.15, 0.2) is 5.82 Å². The van der Waals surface area contributed by atoms with Gasteiger partial charge in [0.2, 0.25) is 11.8 Å². The first-order valence-corrected chi connectivity index (χ1v) is 9.60. The van der Waals surface area contributed by atoms with Crippen molar-refractivity contribution in [1.82, 2.24) is 15.5 Å². The van der Waals surface area contributed by atoms with Crippen LogP contribution < -0.4 is 10.6 Å². The van der Waals surface area contributed by atoms with Gasteiger partial charge in [-0.1, -0.05) is 25.9 Å². The number of nitrogens with zero attached hydrogens (tertiary/aromatic N) is 2. The first-order valence-electron chi connectivity index (χ1n) is 9.60. The van der Waals surface area contributed by atoms with E-state index in [4.69, 9.17) is 4.52 Å². The first-order chi connectivity index (χ1) is 13.1. The second-order valence-electron chi connectivity index (χ2n) is 8.32. The van der Waals surface area contributed by atoms with Crippen LogP contribution in [-0.4, -0.2) is 28.0 Å². The van der Waals surface area contributed by atoms with Gasteiger partial charge in [0.25, 0.3) is 5.91 Å². The highest BCUT2D eigenvalue weighted by atomic mass is 16.5. The number of anilines is 1. The van der Waals surface area contributed by atoms with Gasteiger partial charge in [-0.3, -0.25) is 9.59 Å². The van der Waals surface area contributed by atoms with Crippen LogP contribution in [0, 0.1) is 6.92 Å². The molecule has 0 aliphatic carbocycles. The van der Waals surface area contributed by atoms with Crippen molar-refractivity contribution < 1.29 is 14.1 Å². The predicted molar refractivity (Wildman–Crippen MR) is 108 cm³/mol. The van der Waals surface area contributed by atoms with Crippen LogP contribution in [0.15, 0.2) is 22.7 Å². The fraction of sp³-hybridized carbons (Fsp3) is 0.524. The summed E-state index contributed by atoms with van der Waals surface area (Å²) in [4.78, 5) is 28.7. The van der Waals surface area contributed by atoms with E-state index in [0.29, 0.717) is 42.2 Å². The number of rotatable bonds is 7. The largest absolute Gasteiger partial charge is 0.350 e. The maximum atomic E-state index is 12.2. The van der Waals surface area contributed by atoms with Crippen LogP contribution in [-0.2, 0) is 16.6 Å². The monoisotopic (exact) mass is 386 g/mol. The highest BCUT2D eigenvalue weighted by molar-refractivity contribution is 5.96. The third kappa shape index (κ3) is 6.18. The Hall–Kier alpha value is -2.70. The van der Waals surface area contributed by atoms with Gasteiger partial charge < -0.3 is 15.2 Å². The van der Waals surface area contributed by atoms with Crippen molar-refractivity contribution in [3.63, 3.8) is 0 Å². The molecule has 0 aliphatic heterocycles. The summed E-state index contributed by atoms with van der Waals surface area (Å²) in [7, 11) is 0. The second kappa shape index (κ2) is 8.99. The van der Waals surface area contributed by atoms with Crippen molar-refractivity contribution >= 4 is 17.5 Å². The summed E-state index contributed by atoms with van der Waals surface area (Å²) in [6, 6.07) is 5.33. The van der Waals surface area contributed by atoms with Gasteiger partial charge in [-0.05, 0) is 51.0 Å². The van der Waals surface area contributed by atoms with E-state index < -0.39 is 0 Å². The topological polar surface area (TPSA) is 97.1 Å². The quantitative estimate of drug-likeness (QED) is 0.755. The van der Waals surface area contributed by atoms with Crippen LogP contribution in [0.25, 0.3) is 0 Å². The molecular formula is C21H30N4O3. The van der Waals surface area contributed by atoms with Crippen molar-refractivity contribution in [2.45, 2.75) is 72.3 Å². The maximum absolute atomic E-state index is 12.2. The molecule has 2 N–H and O–H groups in total.